The first-order valence-electron chi connectivity index (χ1n) is 9.98. The van der Waals surface area contributed by atoms with E-state index in [2.05, 4.69) is 0 Å². The van der Waals surface area contributed by atoms with Gasteiger partial charge in [0.1, 0.15) is 12.4 Å². The number of aliphatic hydroxyl groups is 2. The number of alkyl halides is 6. The van der Waals surface area contributed by atoms with E-state index in [9.17, 15) is 36.2 Å². The summed E-state index contributed by atoms with van der Waals surface area (Å²) in [5, 5.41) is 18.3. The lowest BCUT2D eigenvalue weighted by atomic mass is 9.92. The fraction of sp³-hybridized carbons (Fsp3) is 0.409. The number of carbonyl (C=O) groups is 1. The second-order valence-electron chi connectivity index (χ2n) is 7.16. The van der Waals surface area contributed by atoms with E-state index in [-0.39, 0.29) is 31.0 Å². The van der Waals surface area contributed by atoms with Gasteiger partial charge in [0.25, 0.3) is 11.5 Å². The molecule has 2 rings (SSSR count). The fourth-order valence-corrected chi connectivity index (χ4v) is 3.05. The molecular formula is C22H23F6NO4. The molecular weight excluding hydrogens is 456 g/mol. The number of aliphatic hydroxyl groups excluding tert-OH is 1. The van der Waals surface area contributed by atoms with Gasteiger partial charge in [-0.1, -0.05) is 25.5 Å². The van der Waals surface area contributed by atoms with Crippen LogP contribution in [0, 0.1) is 0 Å². The van der Waals surface area contributed by atoms with E-state index in [0.29, 0.717) is 30.7 Å². The molecule has 0 aliphatic heterocycles. The standard InChI is InChI=1S/C22H23F6NO4/c1-2-3-12-29(19(31)15-4-10-18(11-5-15)33-14-13-30)17-8-6-16(7-9-17)20(32,21(23,24)25)22(26,27)28/h4-11,30,32H,2-3,12-14H2,1H3. The molecule has 0 aliphatic carbocycles. The zero-order valence-electron chi connectivity index (χ0n) is 17.6. The summed E-state index contributed by atoms with van der Waals surface area (Å²) in [6, 6.07) is 8.78. The first-order chi connectivity index (χ1) is 15.4. The van der Waals surface area contributed by atoms with Crippen LogP contribution in [0.2, 0.25) is 0 Å². The number of rotatable bonds is 9. The lowest BCUT2D eigenvalue weighted by molar-refractivity contribution is -0.376. The van der Waals surface area contributed by atoms with Crippen molar-refractivity contribution in [2.45, 2.75) is 37.7 Å². The second-order valence-corrected chi connectivity index (χ2v) is 7.16. The first-order valence-corrected chi connectivity index (χ1v) is 9.98. The van der Waals surface area contributed by atoms with Gasteiger partial charge in [-0.15, -0.1) is 0 Å². The van der Waals surface area contributed by atoms with Crippen LogP contribution in [0.5, 0.6) is 5.75 Å². The molecule has 0 bridgehead atoms. The maximum Gasteiger partial charge on any atom is 0.430 e. The SMILES string of the molecule is CCCCN(C(=O)c1ccc(OCCO)cc1)c1ccc(C(O)(C(F)(F)F)C(F)(F)F)cc1. The minimum Gasteiger partial charge on any atom is -0.491 e. The Bertz CT molecular complexity index is 896. The minimum absolute atomic E-state index is 0.0600. The van der Waals surface area contributed by atoms with Crippen LogP contribution in [0.1, 0.15) is 35.7 Å². The number of hydrogen-bond donors (Lipinski definition) is 2. The molecule has 0 spiro atoms. The number of benzene rings is 2. The summed E-state index contributed by atoms with van der Waals surface area (Å²) >= 11 is 0. The van der Waals surface area contributed by atoms with E-state index in [4.69, 9.17) is 9.84 Å². The van der Waals surface area contributed by atoms with Crippen LogP contribution >= 0.6 is 0 Å². The number of halogens is 6. The summed E-state index contributed by atoms with van der Waals surface area (Å²) in [4.78, 5) is 14.2. The summed E-state index contributed by atoms with van der Waals surface area (Å²) in [6.07, 6.45) is -10.8. The van der Waals surface area contributed by atoms with Gasteiger partial charge in [0.05, 0.1) is 6.61 Å². The summed E-state index contributed by atoms with van der Waals surface area (Å²) in [5.74, 6) is -0.115. The zero-order valence-corrected chi connectivity index (χ0v) is 17.6. The van der Waals surface area contributed by atoms with Gasteiger partial charge >= 0.3 is 12.4 Å². The molecule has 2 aromatic carbocycles. The largest absolute Gasteiger partial charge is 0.491 e. The Labute approximate surface area is 186 Å². The van der Waals surface area contributed by atoms with Crippen molar-refractivity contribution in [3.05, 3.63) is 59.7 Å². The summed E-state index contributed by atoms with van der Waals surface area (Å²) in [6.45, 7) is 1.88. The van der Waals surface area contributed by atoms with E-state index < -0.39 is 29.4 Å². The van der Waals surface area contributed by atoms with Crippen molar-refractivity contribution < 1.29 is 46.1 Å². The van der Waals surface area contributed by atoms with Crippen molar-refractivity contribution in [3.63, 3.8) is 0 Å². The Morgan fingerprint density at radius 1 is 0.939 bits per heavy atom. The quantitative estimate of drug-likeness (QED) is 0.507. The van der Waals surface area contributed by atoms with E-state index in [1.165, 1.54) is 29.2 Å². The molecule has 0 aromatic heterocycles. The van der Waals surface area contributed by atoms with Crippen LogP contribution in [0.15, 0.2) is 48.5 Å². The number of nitrogens with zero attached hydrogens (tertiary/aromatic N) is 1. The van der Waals surface area contributed by atoms with Crippen molar-refractivity contribution in [2.75, 3.05) is 24.7 Å². The number of unbranched alkanes of at least 4 members (excludes halogenated alkanes) is 1. The van der Waals surface area contributed by atoms with Crippen LogP contribution in [0.3, 0.4) is 0 Å². The van der Waals surface area contributed by atoms with E-state index >= 15 is 0 Å². The average Bonchev–Trinajstić information content (AvgIpc) is 2.76. The van der Waals surface area contributed by atoms with Crippen LogP contribution in [-0.2, 0) is 5.60 Å². The first kappa shape index (κ1) is 26.5. The van der Waals surface area contributed by atoms with Gasteiger partial charge in [-0.25, -0.2) is 0 Å². The topological polar surface area (TPSA) is 70.0 Å². The number of anilines is 1. The van der Waals surface area contributed by atoms with Gasteiger partial charge < -0.3 is 19.8 Å². The van der Waals surface area contributed by atoms with E-state index in [0.717, 1.165) is 12.1 Å². The predicted octanol–water partition coefficient (Wildman–Crippen LogP) is 4.82. The lowest BCUT2D eigenvalue weighted by Gasteiger charge is -2.33. The number of hydrogen-bond acceptors (Lipinski definition) is 4. The highest BCUT2D eigenvalue weighted by atomic mass is 19.4. The molecule has 5 nitrogen and oxygen atoms in total. The number of amides is 1. The summed E-state index contributed by atoms with van der Waals surface area (Å²) < 4.78 is 83.9. The monoisotopic (exact) mass is 479 g/mol. The molecule has 2 N–H and O–H groups in total. The molecule has 0 heterocycles. The Kier molecular flexibility index (Phi) is 8.36. The van der Waals surface area contributed by atoms with Crippen LogP contribution in [0.4, 0.5) is 32.0 Å². The van der Waals surface area contributed by atoms with Crippen molar-refractivity contribution in [2.24, 2.45) is 0 Å². The van der Waals surface area contributed by atoms with Crippen LogP contribution in [-0.4, -0.2) is 48.2 Å². The molecule has 2 aromatic rings. The highest BCUT2D eigenvalue weighted by molar-refractivity contribution is 6.06. The van der Waals surface area contributed by atoms with Gasteiger partial charge in [0, 0.05) is 23.4 Å². The summed E-state index contributed by atoms with van der Waals surface area (Å²) in [5.41, 5.74) is -6.15. The molecule has 33 heavy (non-hydrogen) atoms. The summed E-state index contributed by atoms with van der Waals surface area (Å²) in [7, 11) is 0. The molecule has 0 saturated heterocycles. The molecule has 0 atom stereocenters. The Morgan fingerprint density at radius 2 is 1.48 bits per heavy atom. The molecule has 1 amide bonds. The molecule has 11 heteroatoms. The molecule has 0 fully saturated rings. The third-order valence-corrected chi connectivity index (χ3v) is 4.86. The van der Waals surface area contributed by atoms with Crippen molar-refractivity contribution in [3.8, 4) is 5.75 Å². The van der Waals surface area contributed by atoms with E-state index in [1.807, 2.05) is 6.92 Å². The molecule has 0 saturated carbocycles. The molecule has 0 unspecified atom stereocenters. The third kappa shape index (κ3) is 5.77. The lowest BCUT2D eigenvalue weighted by Crippen LogP contribution is -2.53. The minimum atomic E-state index is -6.00. The smallest absolute Gasteiger partial charge is 0.430 e. The third-order valence-electron chi connectivity index (χ3n) is 4.86. The number of carbonyl (C=O) groups excluding carboxylic acids is 1. The van der Waals surface area contributed by atoms with Gasteiger partial charge in [-0.05, 0) is 42.8 Å². The Hall–Kier alpha value is -2.79. The Balaban J connectivity index is 2.38. The van der Waals surface area contributed by atoms with Crippen molar-refractivity contribution >= 4 is 11.6 Å². The second kappa shape index (κ2) is 10.4. The van der Waals surface area contributed by atoms with Crippen molar-refractivity contribution in [1.29, 1.82) is 0 Å². The molecule has 182 valence electrons. The van der Waals surface area contributed by atoms with Gasteiger partial charge in [-0.2, -0.15) is 26.3 Å². The zero-order chi connectivity index (χ0) is 24.9. The molecule has 0 radical (unpaired) electrons. The number of ether oxygens (including phenoxy) is 1. The molecule has 0 aliphatic rings. The van der Waals surface area contributed by atoms with Gasteiger partial charge in [0.2, 0.25) is 0 Å². The highest BCUT2D eigenvalue weighted by Crippen LogP contribution is 2.50. The van der Waals surface area contributed by atoms with E-state index in [1.54, 1.807) is 0 Å². The van der Waals surface area contributed by atoms with Crippen LogP contribution < -0.4 is 9.64 Å². The average molecular weight is 479 g/mol. The maximum absolute atomic E-state index is 13.1. The maximum atomic E-state index is 13.1. The Morgan fingerprint density at radius 3 is 1.94 bits per heavy atom. The van der Waals surface area contributed by atoms with Gasteiger partial charge in [0.15, 0.2) is 0 Å². The predicted molar refractivity (Wildman–Crippen MR) is 108 cm³/mol. The fourth-order valence-electron chi connectivity index (χ4n) is 3.05. The van der Waals surface area contributed by atoms with Gasteiger partial charge in [-0.3, -0.25) is 4.79 Å². The normalized spacial score (nSPS) is 12.5. The van der Waals surface area contributed by atoms with Crippen LogP contribution in [0.25, 0.3) is 0 Å². The van der Waals surface area contributed by atoms with Crippen molar-refractivity contribution in [1.82, 2.24) is 0 Å². The highest BCUT2D eigenvalue weighted by Gasteiger charge is 2.71.